The van der Waals surface area contributed by atoms with Gasteiger partial charge in [0.1, 0.15) is 0 Å². The van der Waals surface area contributed by atoms with Crippen LogP contribution in [-0.2, 0) is 390 Å². The zero-order valence-corrected chi connectivity index (χ0v) is 59.6. The van der Waals surface area contributed by atoms with Crippen molar-refractivity contribution in [2.24, 2.45) is 0 Å². The molecule has 0 heterocycles. The van der Waals surface area contributed by atoms with E-state index in [1.807, 2.05) is 0 Å². The van der Waals surface area contributed by atoms with Gasteiger partial charge in [0.15, 0.2) is 0 Å². The van der Waals surface area contributed by atoms with Gasteiger partial charge in [0, 0.05) is 253 Å². The van der Waals surface area contributed by atoms with Crippen LogP contribution in [0.2, 0.25) is 0 Å². The van der Waals surface area contributed by atoms with Crippen molar-refractivity contribution >= 4 is 9.05 Å². The third-order valence-electron chi connectivity index (χ3n) is 0. The third kappa shape index (κ3) is 4210. The summed E-state index contributed by atoms with van der Waals surface area (Å²) in [7, 11) is -5.61. The molecular weight excluding hydrogens is 2890 g/mol. The summed E-state index contributed by atoms with van der Waals surface area (Å²) in [5.41, 5.74) is 0. The Bertz CT molecular complexity index is 80.6. The topological polar surface area (TPSA) is 1190 Å². The van der Waals surface area contributed by atoms with Gasteiger partial charge in [-0.15, -0.1) is 0 Å². The molecule has 0 aromatic heterocycles. The molecule has 0 amide bonds. The first-order valence-electron chi connectivity index (χ1n) is 0.816. The fourth-order valence-corrected chi connectivity index (χ4v) is 0. The summed E-state index contributed by atoms with van der Waals surface area (Å²) < 4.78 is 0. The van der Waals surface area contributed by atoms with Crippen molar-refractivity contribution < 1.29 is 479 Å². The summed E-state index contributed by atoms with van der Waals surface area (Å²) in [6, 6.07) is 0. The minimum absolute atomic E-state index is 0. The zero-order valence-electron chi connectivity index (χ0n) is 26.4. The Balaban J connectivity index is -0.0000000000603. The molecule has 0 fully saturated rings. The number of hydrogen-bond acceptors (Lipinski definition) is 4. The maximum atomic E-state index is 8.58. The fourth-order valence-electron chi connectivity index (χ4n) is 0. The van der Waals surface area contributed by atoms with Crippen LogP contribution in [0.3, 0.4) is 0 Å². The van der Waals surface area contributed by atoms with E-state index in [9.17, 15) is 0 Å². The van der Waals surface area contributed by atoms with Crippen LogP contribution < -0.4 is 19.2 Å². The summed E-state index contributed by atoms with van der Waals surface area (Å²) in [5.74, 6) is 0. The van der Waals surface area contributed by atoms with Crippen LogP contribution in [0, 0.1) is 0 Å². The second kappa shape index (κ2) is 1260. The van der Waals surface area contributed by atoms with Crippen molar-refractivity contribution in [3.63, 3.8) is 0 Å². The van der Waals surface area contributed by atoms with Gasteiger partial charge in [-0.1, -0.05) is 0 Å². The van der Waals surface area contributed by atoms with E-state index in [1.54, 1.807) is 0 Å². The molecule has 0 atom stereocenters. The molecule has 0 spiro atoms. The monoisotopic (exact) mass is 2920 g/mol. The minimum Gasteiger partial charge on any atom is -2.00 e. The summed E-state index contributed by atoms with van der Waals surface area (Å²) in [6.45, 7) is 0. The Labute approximate surface area is 481 Å². The van der Waals surface area contributed by atoms with Crippen molar-refractivity contribution in [1.82, 2.24) is 0 Å². The normalized spacial score (nSPS) is 1.11. The largest absolute Gasteiger partial charge is 2.00 e. The molecule has 0 rings (SSSR count). The summed E-state index contributed by atoms with van der Waals surface area (Å²) in [5, 5.41) is 0. The Morgan fingerprint density at radius 1 is 0.167 bits per heavy atom. The van der Waals surface area contributed by atoms with Gasteiger partial charge in [0.05, 0.1) is 0 Å². The molecule has 0 radical (unpaired) electrons. The van der Waals surface area contributed by atoms with E-state index in [0.29, 0.717) is 0 Å². The Hall–Kier alpha value is 6.84. The van der Waals surface area contributed by atoms with Crippen molar-refractivity contribution in [2.45, 2.75) is 0 Å². The van der Waals surface area contributed by atoms with Crippen LogP contribution in [0.5, 0.6) is 0 Å². The van der Waals surface area contributed by atoms with E-state index < -0.39 is 9.05 Å². The van der Waals surface area contributed by atoms with Gasteiger partial charge >= 0.3 is 4.28 Å². The maximum Gasteiger partial charge on any atom is 1.00 e. The van der Waals surface area contributed by atoms with E-state index in [0.717, 1.165) is 0 Å². The van der Waals surface area contributed by atoms with E-state index in [1.165, 1.54) is 0 Å². The molecule has 0 aliphatic carbocycles. The molecule has 54 heteroatoms. The zero-order chi connectivity index (χ0) is 4.50. The van der Waals surface area contributed by atoms with Crippen molar-refractivity contribution in [2.75, 3.05) is 0 Å². The van der Waals surface area contributed by atoms with Crippen LogP contribution >= 0.6 is 0 Å². The number of hydrogen-bond donors (Lipinski definition) is 0. The first-order valence-corrected chi connectivity index (χ1v) is 2.45. The van der Waals surface area contributed by atoms with E-state index in [4.69, 9.17) is 19.2 Å². The molecule has 54 heavy (non-hydrogen) atoms. The fraction of sp³-hybridized carbons (Fsp3) is 0. The maximum absolute atomic E-state index is 8.58. The first-order chi connectivity index (χ1) is 2.00. The van der Waals surface area contributed by atoms with Gasteiger partial charge in [-0.3, -0.25) is 0 Å². The van der Waals surface area contributed by atoms with Gasteiger partial charge < -0.3 is 231 Å². The van der Waals surface area contributed by atoms with Crippen LogP contribution in [0.15, 0.2) is 0 Å². The van der Waals surface area contributed by atoms with E-state index in [-0.39, 0.29) is 460 Å². The average Bonchev–Trinajstić information content (AvgIpc) is 0.722. The van der Waals surface area contributed by atoms with E-state index in [2.05, 4.69) is 0 Å². The van der Waals surface area contributed by atoms with Crippen molar-refractivity contribution in [3.8, 4) is 0 Å². The third-order valence-corrected chi connectivity index (χ3v) is 0. The molecule has 27 N–H and O–H groups in total. The van der Waals surface area contributed by atoms with Gasteiger partial charge in [-0.2, -0.15) is 0 Å². The molecule has 0 aromatic rings. The summed E-state index contributed by atoms with van der Waals surface area (Å²) in [4.78, 5) is 34.3. The minimum atomic E-state index is -5.61. The van der Waals surface area contributed by atoms with Crippen LogP contribution in [-0.4, -0.2) is 74.8 Å². The standard InChI is InChI=1S/O4Si.13H2O.24O.12W/c1-5(2,3)4;;;;;;;;;;;;;;;;;;;;;;;;;;;;;;;;;;;;;;;;;;;;;;;;;/h;13*1H2;;;;;;;;;;;;;;;;;;;;;;;;;;;;;;;;;;;;/q-4;;;;;;;;;;;;;;24*-2;;;;;;;;;;;;/p+4. The predicted molar refractivity (Wildman–Crippen MR) is 73.8 cm³/mol. The summed E-state index contributed by atoms with van der Waals surface area (Å²) in [6.07, 6.45) is 0. The summed E-state index contributed by atoms with van der Waals surface area (Å²) >= 11 is 0. The van der Waals surface area contributed by atoms with Crippen LogP contribution in [0.4, 0.5) is 0 Å². The Kier molecular flexibility index (Phi) is 43200. The van der Waals surface area contributed by atoms with Gasteiger partial charge in [-0.25, -0.2) is 0 Å². The second-order valence-electron chi connectivity index (χ2n) is 0.500. The van der Waals surface area contributed by atoms with Crippen molar-refractivity contribution in [1.29, 1.82) is 0 Å². The average molecular weight is 2920 g/mol. The Morgan fingerprint density at radius 2 is 0.167 bits per heavy atom. The predicted octanol–water partition coefficient (Wildman–Crippen LogP) is -18.5. The van der Waals surface area contributed by atoms with Gasteiger partial charge in [0.25, 0.3) is 0 Å². The number of rotatable bonds is 0. The van der Waals surface area contributed by atoms with Gasteiger partial charge in [-0.05, 0) is 0 Å². The first kappa shape index (κ1) is 1850. The Morgan fingerprint density at radius 3 is 0.167 bits per heavy atom. The SMILES string of the molecule is O.O.O.O.O.O.O.O.O.O.O.O.[H+].[H+].[H+].[O-2].[O-2].[O-2].[O-2].[O-2].[O-2].[O-2].[O-2].[O-2].[O-2].[O-2].[O-2].[O-2].[O-2].[O-2].[O-2].[O-2].[O-2].[O-2].[O-2].[O-2].[O-2].[O-2].[O-2].[O-][Si]([O-])([O-])[O-].[OH3+].[W].[W].[W].[W].[W].[W].[W].[W].[W].[W].[W].[W]. The quantitative estimate of drug-likeness (QED) is 0.168. The van der Waals surface area contributed by atoms with Crippen LogP contribution in [0.25, 0.3) is 0 Å². The van der Waals surface area contributed by atoms with Crippen LogP contribution in [0.1, 0.15) is 4.28 Å². The van der Waals surface area contributed by atoms with E-state index >= 15 is 0 Å². The molecular formula is H30O41SiW12-48. The van der Waals surface area contributed by atoms with Gasteiger partial charge in [0.2, 0.25) is 0 Å². The molecule has 0 unspecified atom stereocenters. The molecule has 400 valence electrons. The smallest absolute Gasteiger partial charge is 1.00 e. The molecule has 0 aromatic carbocycles. The molecule has 41 nitrogen and oxygen atoms in total. The molecule has 0 saturated carbocycles. The second-order valence-corrected chi connectivity index (χ2v) is 1.50. The molecule has 0 bridgehead atoms. The molecule has 0 aliphatic rings. The van der Waals surface area contributed by atoms with Crippen molar-refractivity contribution in [3.05, 3.63) is 0 Å². The molecule has 0 saturated heterocycles. The molecule has 0 aliphatic heterocycles.